The molecule has 3 nitrogen and oxygen atoms in total. The average Bonchev–Trinajstić information content (AvgIpc) is 2.04. The van der Waals surface area contributed by atoms with Crippen molar-refractivity contribution in [2.45, 2.75) is 37.8 Å². The normalized spacial score (nSPS) is 31.5. The van der Waals surface area contributed by atoms with Gasteiger partial charge in [-0.25, -0.2) is 0 Å². The van der Waals surface area contributed by atoms with Gasteiger partial charge in [0, 0.05) is 7.05 Å². The summed E-state index contributed by atoms with van der Waals surface area (Å²) in [6, 6.07) is 0.0567. The highest BCUT2D eigenvalue weighted by atomic mass is 16.3. The average molecular weight is 157 g/mol. The highest BCUT2D eigenvalue weighted by molar-refractivity contribution is 5.47. The van der Waals surface area contributed by atoms with Crippen molar-refractivity contribution in [3.63, 3.8) is 0 Å². The van der Waals surface area contributed by atoms with Gasteiger partial charge in [-0.2, -0.15) is 0 Å². The molecule has 0 aromatic carbocycles. The van der Waals surface area contributed by atoms with Crippen LogP contribution in [0.5, 0.6) is 0 Å². The molecule has 2 atom stereocenters. The Hall–Kier alpha value is -0.570. The van der Waals surface area contributed by atoms with E-state index in [1.54, 1.807) is 11.9 Å². The van der Waals surface area contributed by atoms with Crippen molar-refractivity contribution in [1.29, 1.82) is 0 Å². The minimum absolute atomic E-state index is 0.0567. The van der Waals surface area contributed by atoms with Gasteiger partial charge in [0.1, 0.15) is 0 Å². The predicted molar refractivity (Wildman–Crippen MR) is 42.1 cm³/mol. The van der Waals surface area contributed by atoms with Crippen molar-refractivity contribution in [3.05, 3.63) is 0 Å². The number of aliphatic hydroxyl groups is 1. The van der Waals surface area contributed by atoms with Crippen LogP contribution >= 0.6 is 0 Å². The standard InChI is InChI=1S/C8H15NO2/c1-9(6-10)7-4-2-3-5-8(7)11/h6-8,11H,2-5H2,1H3. The first-order chi connectivity index (χ1) is 5.25. The molecule has 11 heavy (non-hydrogen) atoms. The number of rotatable bonds is 2. The van der Waals surface area contributed by atoms with Crippen LogP contribution < -0.4 is 0 Å². The Bertz CT molecular complexity index is 138. The molecule has 0 bridgehead atoms. The SMILES string of the molecule is CN(C=O)C1CCCCC1O. The van der Waals surface area contributed by atoms with E-state index in [9.17, 15) is 9.90 Å². The maximum absolute atomic E-state index is 10.4. The predicted octanol–water partition coefficient (Wildman–Crippen LogP) is 0.378. The molecule has 0 aliphatic heterocycles. The molecular weight excluding hydrogens is 142 g/mol. The third-order valence-corrected chi connectivity index (χ3v) is 2.38. The van der Waals surface area contributed by atoms with E-state index in [1.807, 2.05) is 0 Å². The van der Waals surface area contributed by atoms with E-state index in [4.69, 9.17) is 0 Å². The van der Waals surface area contributed by atoms with Gasteiger partial charge in [0.2, 0.25) is 6.41 Å². The topological polar surface area (TPSA) is 40.5 Å². The molecule has 0 spiro atoms. The van der Waals surface area contributed by atoms with Gasteiger partial charge in [-0.05, 0) is 12.8 Å². The molecule has 1 rings (SSSR count). The van der Waals surface area contributed by atoms with E-state index < -0.39 is 0 Å². The van der Waals surface area contributed by atoms with E-state index in [1.165, 1.54) is 0 Å². The fraction of sp³-hybridized carbons (Fsp3) is 0.875. The lowest BCUT2D eigenvalue weighted by Crippen LogP contribution is -2.42. The summed E-state index contributed by atoms with van der Waals surface area (Å²) >= 11 is 0. The summed E-state index contributed by atoms with van der Waals surface area (Å²) in [6.07, 6.45) is 4.47. The van der Waals surface area contributed by atoms with Gasteiger partial charge in [0.15, 0.2) is 0 Å². The van der Waals surface area contributed by atoms with E-state index in [2.05, 4.69) is 0 Å². The van der Waals surface area contributed by atoms with Crippen molar-refractivity contribution < 1.29 is 9.90 Å². The molecule has 64 valence electrons. The van der Waals surface area contributed by atoms with Gasteiger partial charge in [-0.15, -0.1) is 0 Å². The second-order valence-electron chi connectivity index (χ2n) is 3.19. The van der Waals surface area contributed by atoms with Gasteiger partial charge >= 0.3 is 0 Å². The Balaban J connectivity index is 2.46. The fourth-order valence-electron chi connectivity index (χ4n) is 1.64. The van der Waals surface area contributed by atoms with Crippen LogP contribution in [0.3, 0.4) is 0 Å². The van der Waals surface area contributed by atoms with Crippen molar-refractivity contribution in [2.24, 2.45) is 0 Å². The van der Waals surface area contributed by atoms with Gasteiger partial charge in [-0.1, -0.05) is 12.8 Å². The molecule has 1 aliphatic carbocycles. The van der Waals surface area contributed by atoms with Crippen LogP contribution in [-0.4, -0.2) is 35.6 Å². The number of likely N-dealkylation sites (N-methyl/N-ethyl adjacent to an activating group) is 1. The minimum atomic E-state index is -0.307. The summed E-state index contributed by atoms with van der Waals surface area (Å²) in [6.45, 7) is 0. The first-order valence-electron chi connectivity index (χ1n) is 4.11. The monoisotopic (exact) mass is 157 g/mol. The third kappa shape index (κ3) is 1.93. The Morgan fingerprint density at radius 1 is 1.45 bits per heavy atom. The largest absolute Gasteiger partial charge is 0.391 e. The van der Waals surface area contributed by atoms with Gasteiger partial charge in [0.05, 0.1) is 12.1 Å². The lowest BCUT2D eigenvalue weighted by Gasteiger charge is -2.32. The third-order valence-electron chi connectivity index (χ3n) is 2.38. The number of hydrogen-bond donors (Lipinski definition) is 1. The van der Waals surface area contributed by atoms with Crippen LogP contribution in [0.25, 0.3) is 0 Å². The zero-order valence-electron chi connectivity index (χ0n) is 6.86. The Morgan fingerprint density at radius 3 is 2.64 bits per heavy atom. The van der Waals surface area contributed by atoms with Crippen molar-refractivity contribution in [3.8, 4) is 0 Å². The second-order valence-corrected chi connectivity index (χ2v) is 3.19. The fourth-order valence-corrected chi connectivity index (χ4v) is 1.64. The molecule has 0 heterocycles. The lowest BCUT2D eigenvalue weighted by molar-refractivity contribution is -0.122. The Labute approximate surface area is 67.0 Å². The molecule has 0 aromatic heterocycles. The van der Waals surface area contributed by atoms with Crippen molar-refractivity contribution in [1.82, 2.24) is 4.90 Å². The zero-order chi connectivity index (χ0) is 8.27. The van der Waals surface area contributed by atoms with Crippen LogP contribution in [-0.2, 0) is 4.79 Å². The van der Waals surface area contributed by atoms with Crippen LogP contribution in [0.4, 0.5) is 0 Å². The first-order valence-corrected chi connectivity index (χ1v) is 4.11. The summed E-state index contributed by atoms with van der Waals surface area (Å²) in [5.41, 5.74) is 0. The molecule has 1 N–H and O–H groups in total. The van der Waals surface area contributed by atoms with E-state index >= 15 is 0 Å². The molecule has 0 saturated heterocycles. The molecule has 1 fully saturated rings. The molecule has 2 unspecified atom stereocenters. The van der Waals surface area contributed by atoms with Gasteiger partial charge in [0.25, 0.3) is 0 Å². The van der Waals surface area contributed by atoms with Crippen LogP contribution in [0.2, 0.25) is 0 Å². The summed E-state index contributed by atoms with van der Waals surface area (Å²) in [5.74, 6) is 0. The van der Waals surface area contributed by atoms with E-state index in [-0.39, 0.29) is 12.1 Å². The number of aliphatic hydroxyl groups excluding tert-OH is 1. The number of nitrogens with zero attached hydrogens (tertiary/aromatic N) is 1. The summed E-state index contributed by atoms with van der Waals surface area (Å²) in [7, 11) is 1.73. The summed E-state index contributed by atoms with van der Waals surface area (Å²) in [5, 5.41) is 9.47. The molecule has 0 radical (unpaired) electrons. The minimum Gasteiger partial charge on any atom is -0.391 e. The number of amides is 1. The molecule has 1 saturated carbocycles. The quantitative estimate of drug-likeness (QED) is 0.589. The van der Waals surface area contributed by atoms with Crippen LogP contribution in [0.1, 0.15) is 25.7 Å². The van der Waals surface area contributed by atoms with Crippen LogP contribution in [0.15, 0.2) is 0 Å². The molecule has 3 heteroatoms. The smallest absolute Gasteiger partial charge is 0.209 e. The van der Waals surface area contributed by atoms with Gasteiger partial charge < -0.3 is 10.0 Å². The highest BCUT2D eigenvalue weighted by Gasteiger charge is 2.25. The second kappa shape index (κ2) is 3.72. The van der Waals surface area contributed by atoms with Gasteiger partial charge in [-0.3, -0.25) is 4.79 Å². The summed E-state index contributed by atoms with van der Waals surface area (Å²) in [4.78, 5) is 11.9. The number of carbonyl (C=O) groups excluding carboxylic acids is 1. The molecular formula is C8H15NO2. The summed E-state index contributed by atoms with van der Waals surface area (Å²) < 4.78 is 0. The highest BCUT2D eigenvalue weighted by Crippen LogP contribution is 2.21. The first kappa shape index (κ1) is 8.53. The van der Waals surface area contributed by atoms with Crippen molar-refractivity contribution >= 4 is 6.41 Å². The molecule has 1 amide bonds. The zero-order valence-corrected chi connectivity index (χ0v) is 6.86. The lowest BCUT2D eigenvalue weighted by atomic mass is 9.92. The van der Waals surface area contributed by atoms with E-state index in [0.29, 0.717) is 0 Å². The Kier molecular flexibility index (Phi) is 2.88. The molecule has 0 aromatic rings. The van der Waals surface area contributed by atoms with E-state index in [0.717, 1.165) is 32.1 Å². The number of carbonyl (C=O) groups is 1. The van der Waals surface area contributed by atoms with Crippen LogP contribution in [0, 0.1) is 0 Å². The Morgan fingerprint density at radius 2 is 2.09 bits per heavy atom. The molecule has 1 aliphatic rings. The maximum Gasteiger partial charge on any atom is 0.209 e. The maximum atomic E-state index is 10.4. The number of hydrogen-bond acceptors (Lipinski definition) is 2. The van der Waals surface area contributed by atoms with Crippen molar-refractivity contribution in [2.75, 3.05) is 7.05 Å².